The van der Waals surface area contributed by atoms with Gasteiger partial charge in [-0.3, -0.25) is 0 Å². The van der Waals surface area contributed by atoms with Crippen LogP contribution in [0.3, 0.4) is 0 Å². The molecule has 2 fully saturated rings. The van der Waals surface area contributed by atoms with Crippen molar-refractivity contribution >= 4 is 16.9 Å². The number of furan rings is 1. The minimum absolute atomic E-state index is 0.0433. The number of rotatable bonds is 1. The maximum Gasteiger partial charge on any atom is 0.392 e. The van der Waals surface area contributed by atoms with Gasteiger partial charge in [-0.15, -0.1) is 0 Å². The Kier molecular flexibility index (Phi) is 3.51. The van der Waals surface area contributed by atoms with Crippen LogP contribution in [-0.4, -0.2) is 54.3 Å². The summed E-state index contributed by atoms with van der Waals surface area (Å²) in [5, 5.41) is 0. The Labute approximate surface area is 149 Å². The molecule has 5 nitrogen and oxygen atoms in total. The fourth-order valence-corrected chi connectivity index (χ4v) is 4.96. The van der Waals surface area contributed by atoms with Crippen molar-refractivity contribution in [1.82, 2.24) is 14.9 Å². The Morgan fingerprint density at radius 3 is 2.54 bits per heavy atom. The molecule has 0 bridgehead atoms. The maximum atomic E-state index is 13.2. The van der Waals surface area contributed by atoms with E-state index in [1.165, 1.54) is 6.33 Å². The molecule has 140 valence electrons. The first-order valence-corrected chi connectivity index (χ1v) is 9.15. The molecule has 5 rings (SSSR count). The summed E-state index contributed by atoms with van der Waals surface area (Å²) in [5.41, 5.74) is 1.75. The molecule has 1 aliphatic carbocycles. The van der Waals surface area contributed by atoms with Crippen molar-refractivity contribution in [2.24, 2.45) is 17.8 Å². The Morgan fingerprint density at radius 2 is 1.85 bits per heavy atom. The Bertz CT molecular complexity index is 835. The molecule has 0 aromatic carbocycles. The van der Waals surface area contributed by atoms with Crippen molar-refractivity contribution in [1.29, 1.82) is 0 Å². The number of likely N-dealkylation sites (tertiary alicyclic amines) is 1. The van der Waals surface area contributed by atoms with E-state index in [4.69, 9.17) is 4.42 Å². The van der Waals surface area contributed by atoms with Gasteiger partial charge in [-0.05, 0) is 31.7 Å². The number of alkyl halides is 3. The summed E-state index contributed by atoms with van der Waals surface area (Å²) in [4.78, 5) is 13.3. The summed E-state index contributed by atoms with van der Waals surface area (Å²) >= 11 is 0. The molecular formula is C18H21F3N4O. The monoisotopic (exact) mass is 366 g/mol. The van der Waals surface area contributed by atoms with Gasteiger partial charge in [-0.2, -0.15) is 13.2 Å². The first-order chi connectivity index (χ1) is 12.4. The fraction of sp³-hybridized carbons (Fsp3) is 0.667. The van der Waals surface area contributed by atoms with Gasteiger partial charge in [-0.1, -0.05) is 0 Å². The van der Waals surface area contributed by atoms with Gasteiger partial charge in [-0.25, -0.2) is 9.97 Å². The topological polar surface area (TPSA) is 45.4 Å². The number of hydrogen-bond donors (Lipinski definition) is 0. The minimum atomic E-state index is -4.17. The molecule has 3 atom stereocenters. The quantitative estimate of drug-likeness (QED) is 0.777. The van der Waals surface area contributed by atoms with E-state index in [0.717, 1.165) is 32.0 Å². The molecule has 3 aliphatic rings. The van der Waals surface area contributed by atoms with Crippen molar-refractivity contribution in [2.75, 3.05) is 38.1 Å². The zero-order valence-corrected chi connectivity index (χ0v) is 14.6. The van der Waals surface area contributed by atoms with Gasteiger partial charge in [0, 0.05) is 38.2 Å². The van der Waals surface area contributed by atoms with E-state index >= 15 is 0 Å². The van der Waals surface area contributed by atoms with Gasteiger partial charge in [0.05, 0.1) is 5.92 Å². The first-order valence-electron chi connectivity index (χ1n) is 9.15. The second-order valence-electron chi connectivity index (χ2n) is 8.01. The Morgan fingerprint density at radius 1 is 1.12 bits per heavy atom. The van der Waals surface area contributed by atoms with Crippen LogP contribution in [0.4, 0.5) is 19.0 Å². The van der Waals surface area contributed by atoms with Crippen molar-refractivity contribution in [3.05, 3.63) is 17.7 Å². The van der Waals surface area contributed by atoms with Crippen LogP contribution >= 0.6 is 0 Å². The number of halogens is 3. The average Bonchev–Trinajstić information content (AvgIpc) is 3.23. The van der Waals surface area contributed by atoms with E-state index in [-0.39, 0.29) is 12.8 Å². The standard InChI is InChI=1S/C18H21F3N4O/c1-24-5-10-7-25(8-11(10)6-24)17-16-15(22-9-23-17)13-4-12(18(19,20)21)2-3-14(13)26-16/h9-12H,2-8H2,1H3/t10-,11+,12?. The molecule has 2 aromatic rings. The van der Waals surface area contributed by atoms with Crippen LogP contribution < -0.4 is 4.90 Å². The second kappa shape index (κ2) is 5.58. The van der Waals surface area contributed by atoms with E-state index in [1.807, 2.05) is 0 Å². The van der Waals surface area contributed by atoms with E-state index < -0.39 is 12.1 Å². The van der Waals surface area contributed by atoms with E-state index in [0.29, 0.717) is 40.7 Å². The molecule has 1 unspecified atom stereocenters. The van der Waals surface area contributed by atoms with Crippen molar-refractivity contribution in [3.63, 3.8) is 0 Å². The maximum absolute atomic E-state index is 13.2. The molecule has 0 radical (unpaired) electrons. The van der Waals surface area contributed by atoms with Crippen molar-refractivity contribution in [3.8, 4) is 0 Å². The van der Waals surface area contributed by atoms with Crippen LogP contribution in [-0.2, 0) is 12.8 Å². The highest BCUT2D eigenvalue weighted by Crippen LogP contribution is 2.42. The normalized spacial score (nSPS) is 29.4. The third kappa shape index (κ3) is 2.49. The van der Waals surface area contributed by atoms with Crippen molar-refractivity contribution in [2.45, 2.75) is 25.4 Å². The third-order valence-corrected chi connectivity index (χ3v) is 6.23. The zero-order valence-electron chi connectivity index (χ0n) is 14.6. The molecule has 2 saturated heterocycles. The van der Waals surface area contributed by atoms with Gasteiger partial charge in [0.1, 0.15) is 17.6 Å². The van der Waals surface area contributed by atoms with Gasteiger partial charge in [0.25, 0.3) is 0 Å². The largest absolute Gasteiger partial charge is 0.455 e. The minimum Gasteiger partial charge on any atom is -0.455 e. The lowest BCUT2D eigenvalue weighted by Gasteiger charge is -2.23. The lowest BCUT2D eigenvalue weighted by atomic mass is 9.87. The van der Waals surface area contributed by atoms with Crippen LogP contribution in [0.1, 0.15) is 17.7 Å². The van der Waals surface area contributed by atoms with Crippen LogP contribution in [0.5, 0.6) is 0 Å². The number of anilines is 1. The van der Waals surface area contributed by atoms with Gasteiger partial charge < -0.3 is 14.2 Å². The number of fused-ring (bicyclic) bond motifs is 4. The molecule has 0 amide bonds. The molecule has 0 saturated carbocycles. The van der Waals surface area contributed by atoms with Gasteiger partial charge >= 0.3 is 6.18 Å². The smallest absolute Gasteiger partial charge is 0.392 e. The number of aryl methyl sites for hydroxylation is 1. The first kappa shape index (κ1) is 16.4. The van der Waals surface area contributed by atoms with Crippen molar-refractivity contribution < 1.29 is 17.6 Å². The predicted molar refractivity (Wildman–Crippen MR) is 90.1 cm³/mol. The van der Waals surface area contributed by atoms with E-state index in [2.05, 4.69) is 26.8 Å². The number of hydrogen-bond acceptors (Lipinski definition) is 5. The molecule has 8 heteroatoms. The molecule has 2 aliphatic heterocycles. The Hall–Kier alpha value is -1.83. The SMILES string of the molecule is CN1C[C@@H]2CN(c3ncnc4c5c(oc34)CCC(C(F)(F)F)C5)C[C@@H]2C1. The highest BCUT2D eigenvalue weighted by molar-refractivity contribution is 5.87. The summed E-state index contributed by atoms with van der Waals surface area (Å²) in [6.07, 6.45) is -2.36. The van der Waals surface area contributed by atoms with Crippen LogP contribution in [0.2, 0.25) is 0 Å². The summed E-state index contributed by atoms with van der Waals surface area (Å²) in [6, 6.07) is 0. The highest BCUT2D eigenvalue weighted by atomic mass is 19.4. The number of nitrogens with zero attached hydrogens (tertiary/aromatic N) is 4. The number of aromatic nitrogens is 2. The third-order valence-electron chi connectivity index (χ3n) is 6.23. The molecule has 0 spiro atoms. The van der Waals surface area contributed by atoms with E-state index in [9.17, 15) is 13.2 Å². The molecule has 2 aromatic heterocycles. The zero-order chi connectivity index (χ0) is 18.1. The van der Waals surface area contributed by atoms with Crippen LogP contribution in [0.15, 0.2) is 10.7 Å². The van der Waals surface area contributed by atoms with E-state index in [1.54, 1.807) is 0 Å². The van der Waals surface area contributed by atoms with Crippen LogP contribution in [0.25, 0.3) is 11.1 Å². The highest BCUT2D eigenvalue weighted by Gasteiger charge is 2.44. The van der Waals surface area contributed by atoms with Gasteiger partial charge in [0.15, 0.2) is 11.4 Å². The molecule has 0 N–H and O–H groups in total. The lowest BCUT2D eigenvalue weighted by Crippen LogP contribution is -2.28. The summed E-state index contributed by atoms with van der Waals surface area (Å²) < 4.78 is 45.5. The lowest BCUT2D eigenvalue weighted by molar-refractivity contribution is -0.177. The average molecular weight is 366 g/mol. The summed E-state index contributed by atoms with van der Waals surface area (Å²) in [7, 11) is 2.14. The second-order valence-corrected chi connectivity index (χ2v) is 8.01. The fourth-order valence-electron chi connectivity index (χ4n) is 4.96. The molecular weight excluding hydrogens is 345 g/mol. The predicted octanol–water partition coefficient (Wildman–Crippen LogP) is 2.89. The Balaban J connectivity index is 1.49. The van der Waals surface area contributed by atoms with Gasteiger partial charge in [0.2, 0.25) is 0 Å². The summed E-state index contributed by atoms with van der Waals surface area (Å²) in [5.74, 6) is 1.32. The molecule has 26 heavy (non-hydrogen) atoms. The summed E-state index contributed by atoms with van der Waals surface area (Å²) in [6.45, 7) is 3.99. The molecule has 4 heterocycles. The van der Waals surface area contributed by atoms with Crippen LogP contribution in [0, 0.1) is 17.8 Å².